The number of hydrogen-bond donors (Lipinski definition) is 0. The van der Waals surface area contributed by atoms with Gasteiger partial charge < -0.3 is 14.5 Å². The molecule has 0 radical (unpaired) electrons. The van der Waals surface area contributed by atoms with Crippen LogP contribution in [-0.2, 0) is 9.59 Å². The lowest BCUT2D eigenvalue weighted by Crippen LogP contribution is -2.40. The molecular formula is C23H22N2O3. The summed E-state index contributed by atoms with van der Waals surface area (Å²) < 4.78 is 5.77. The molecule has 5 nitrogen and oxygen atoms in total. The number of carbonyl (C=O) groups excluding carboxylic acids is 2. The van der Waals surface area contributed by atoms with Gasteiger partial charge in [0.05, 0.1) is 0 Å². The molecule has 0 atom stereocenters. The molecule has 0 unspecified atom stereocenters. The average molecular weight is 374 g/mol. The van der Waals surface area contributed by atoms with Crippen LogP contribution in [0.5, 0.6) is 11.5 Å². The maximum atomic E-state index is 12.6. The van der Waals surface area contributed by atoms with E-state index in [9.17, 15) is 9.59 Å². The fourth-order valence-corrected chi connectivity index (χ4v) is 2.74. The lowest BCUT2D eigenvalue weighted by atomic mass is 10.2. The van der Waals surface area contributed by atoms with Crippen molar-refractivity contribution in [3.63, 3.8) is 0 Å². The minimum atomic E-state index is -0.202. The highest BCUT2D eigenvalue weighted by Gasteiger charge is 2.19. The minimum Gasteiger partial charge on any atom is -0.457 e. The first kappa shape index (κ1) is 19.2. The zero-order chi connectivity index (χ0) is 19.9. The summed E-state index contributed by atoms with van der Waals surface area (Å²) in [5.41, 5.74) is 1.42. The maximum Gasteiger partial charge on any atom is 0.246 e. The first-order valence-corrected chi connectivity index (χ1v) is 8.97. The second-order valence-electron chi connectivity index (χ2n) is 6.30. The van der Waals surface area contributed by atoms with Gasteiger partial charge in [0.25, 0.3) is 0 Å². The number of likely N-dealkylation sites (N-methyl/N-ethyl adjacent to an activating group) is 1. The topological polar surface area (TPSA) is 49.9 Å². The molecule has 3 rings (SSSR count). The highest BCUT2D eigenvalue weighted by molar-refractivity contribution is 6.02. The summed E-state index contributed by atoms with van der Waals surface area (Å²) in [5, 5.41) is 0. The number of benzene rings is 3. The van der Waals surface area contributed by atoms with Crippen molar-refractivity contribution in [3.05, 3.63) is 84.9 Å². The fourth-order valence-electron chi connectivity index (χ4n) is 2.74. The van der Waals surface area contributed by atoms with Crippen molar-refractivity contribution in [2.24, 2.45) is 0 Å². The zero-order valence-electron chi connectivity index (χ0n) is 15.9. The second kappa shape index (κ2) is 8.86. The molecule has 0 heterocycles. The molecule has 3 aromatic rings. The van der Waals surface area contributed by atoms with Crippen molar-refractivity contribution < 1.29 is 14.3 Å². The van der Waals surface area contributed by atoms with Crippen LogP contribution < -0.4 is 14.5 Å². The Labute approximate surface area is 164 Å². The Bertz CT molecular complexity index is 925. The molecule has 3 aromatic carbocycles. The number of anilines is 2. The number of amides is 2. The third-order valence-corrected chi connectivity index (χ3v) is 4.32. The first-order chi connectivity index (χ1) is 13.5. The van der Waals surface area contributed by atoms with E-state index >= 15 is 0 Å². The van der Waals surface area contributed by atoms with Gasteiger partial charge in [-0.3, -0.25) is 9.59 Å². The molecule has 2 amide bonds. The molecule has 5 heteroatoms. The minimum absolute atomic E-state index is 0.0420. The van der Waals surface area contributed by atoms with E-state index in [0.717, 1.165) is 11.4 Å². The number of hydrogen-bond acceptors (Lipinski definition) is 3. The van der Waals surface area contributed by atoms with Crippen LogP contribution in [0, 0.1) is 0 Å². The molecule has 28 heavy (non-hydrogen) atoms. The van der Waals surface area contributed by atoms with Crippen molar-refractivity contribution in [1.82, 2.24) is 0 Å². The monoisotopic (exact) mass is 374 g/mol. The van der Waals surface area contributed by atoms with Gasteiger partial charge in [0.2, 0.25) is 11.8 Å². The van der Waals surface area contributed by atoms with E-state index in [1.54, 1.807) is 36.2 Å². The van der Waals surface area contributed by atoms with Crippen molar-refractivity contribution >= 4 is 23.2 Å². The van der Waals surface area contributed by atoms with Crippen LogP contribution in [0.3, 0.4) is 0 Å². The number of carbonyl (C=O) groups is 2. The lowest BCUT2D eigenvalue weighted by Gasteiger charge is -2.24. The maximum absolute atomic E-state index is 12.6. The molecule has 0 aliphatic heterocycles. The third-order valence-electron chi connectivity index (χ3n) is 4.32. The molecule has 0 saturated heterocycles. The van der Waals surface area contributed by atoms with Crippen LogP contribution in [0.1, 0.15) is 6.92 Å². The van der Waals surface area contributed by atoms with E-state index in [4.69, 9.17) is 4.74 Å². The Morgan fingerprint density at radius 1 is 0.750 bits per heavy atom. The summed E-state index contributed by atoms with van der Waals surface area (Å²) in [6.07, 6.45) is 0. The van der Waals surface area contributed by atoms with E-state index in [1.165, 1.54) is 11.8 Å². The molecule has 0 aromatic heterocycles. The van der Waals surface area contributed by atoms with Crippen LogP contribution in [0.25, 0.3) is 0 Å². The summed E-state index contributed by atoms with van der Waals surface area (Å²) in [5.74, 6) is 1.02. The van der Waals surface area contributed by atoms with Gasteiger partial charge in [-0.2, -0.15) is 0 Å². The largest absolute Gasteiger partial charge is 0.457 e. The Balaban J connectivity index is 1.71. The van der Waals surface area contributed by atoms with Crippen molar-refractivity contribution in [2.45, 2.75) is 6.92 Å². The van der Waals surface area contributed by atoms with Crippen molar-refractivity contribution in [3.8, 4) is 11.5 Å². The summed E-state index contributed by atoms with van der Waals surface area (Å²) >= 11 is 0. The molecule has 0 spiro atoms. The molecule has 0 saturated carbocycles. The summed E-state index contributed by atoms with van der Waals surface area (Å²) in [7, 11) is 1.70. The third kappa shape index (κ3) is 4.76. The van der Waals surface area contributed by atoms with Gasteiger partial charge in [0.1, 0.15) is 18.0 Å². The summed E-state index contributed by atoms with van der Waals surface area (Å²) in [6.45, 7) is 1.41. The highest BCUT2D eigenvalue weighted by atomic mass is 16.5. The van der Waals surface area contributed by atoms with Gasteiger partial charge in [0, 0.05) is 25.3 Å². The van der Waals surface area contributed by atoms with Gasteiger partial charge in [-0.15, -0.1) is 0 Å². The van der Waals surface area contributed by atoms with Crippen LogP contribution in [-0.4, -0.2) is 25.4 Å². The predicted molar refractivity (Wildman–Crippen MR) is 111 cm³/mol. The molecular weight excluding hydrogens is 352 g/mol. The van der Waals surface area contributed by atoms with E-state index in [1.807, 2.05) is 60.7 Å². The normalized spacial score (nSPS) is 10.2. The van der Waals surface area contributed by atoms with Crippen LogP contribution in [0.15, 0.2) is 84.9 Å². The molecule has 0 aliphatic carbocycles. The van der Waals surface area contributed by atoms with Crippen molar-refractivity contribution in [2.75, 3.05) is 23.4 Å². The van der Waals surface area contributed by atoms with E-state index in [-0.39, 0.29) is 18.4 Å². The van der Waals surface area contributed by atoms with E-state index in [2.05, 4.69) is 0 Å². The molecule has 0 bridgehead atoms. The highest BCUT2D eigenvalue weighted by Crippen LogP contribution is 2.24. The Kier molecular flexibility index (Phi) is 6.07. The summed E-state index contributed by atoms with van der Waals surface area (Å²) in [6, 6.07) is 25.9. The number of para-hydroxylation sites is 2. The van der Waals surface area contributed by atoms with Gasteiger partial charge in [-0.25, -0.2) is 0 Å². The lowest BCUT2D eigenvalue weighted by molar-refractivity contribution is -0.121. The van der Waals surface area contributed by atoms with E-state index in [0.29, 0.717) is 11.4 Å². The zero-order valence-corrected chi connectivity index (χ0v) is 15.9. The summed E-state index contributed by atoms with van der Waals surface area (Å²) in [4.78, 5) is 27.8. The van der Waals surface area contributed by atoms with E-state index < -0.39 is 0 Å². The Morgan fingerprint density at radius 3 is 1.86 bits per heavy atom. The van der Waals surface area contributed by atoms with Crippen LogP contribution in [0.4, 0.5) is 11.4 Å². The Hall–Kier alpha value is -3.60. The molecule has 0 N–H and O–H groups in total. The Morgan fingerprint density at radius 2 is 1.29 bits per heavy atom. The van der Waals surface area contributed by atoms with Crippen LogP contribution in [0.2, 0.25) is 0 Å². The van der Waals surface area contributed by atoms with Gasteiger partial charge >= 0.3 is 0 Å². The number of ether oxygens (including phenoxy) is 1. The molecule has 142 valence electrons. The molecule has 0 aliphatic rings. The smallest absolute Gasteiger partial charge is 0.246 e. The van der Waals surface area contributed by atoms with Gasteiger partial charge in [-0.05, 0) is 48.5 Å². The quantitative estimate of drug-likeness (QED) is 0.638. The van der Waals surface area contributed by atoms with Crippen molar-refractivity contribution in [1.29, 1.82) is 0 Å². The number of rotatable bonds is 6. The SMILES string of the molecule is CC(=O)N(CC(=O)N(C)c1ccccc1)c1ccc(Oc2ccccc2)cc1. The number of nitrogens with zero attached hydrogens (tertiary/aromatic N) is 2. The average Bonchev–Trinajstić information content (AvgIpc) is 2.73. The fraction of sp³-hybridized carbons (Fsp3) is 0.130. The first-order valence-electron chi connectivity index (χ1n) is 8.97. The van der Waals surface area contributed by atoms with Gasteiger partial charge in [-0.1, -0.05) is 36.4 Å². The second-order valence-corrected chi connectivity index (χ2v) is 6.30. The predicted octanol–water partition coefficient (Wildman–Crippen LogP) is 4.49. The van der Waals surface area contributed by atoms with Crippen LogP contribution >= 0.6 is 0 Å². The van der Waals surface area contributed by atoms with Gasteiger partial charge in [0.15, 0.2) is 0 Å². The standard InChI is InChI=1S/C23H22N2O3/c1-18(26)25(17-23(27)24(2)19-9-5-3-6-10-19)20-13-15-22(16-14-20)28-21-11-7-4-8-12-21/h3-16H,17H2,1-2H3. The molecule has 0 fully saturated rings.